The summed E-state index contributed by atoms with van der Waals surface area (Å²) in [7, 11) is 0. The fourth-order valence-corrected chi connectivity index (χ4v) is 3.62. The summed E-state index contributed by atoms with van der Waals surface area (Å²) in [5.74, 6) is 0.730. The number of likely N-dealkylation sites (tertiary alicyclic amines) is 1. The predicted octanol–water partition coefficient (Wildman–Crippen LogP) is 4.98. The molecule has 2 aliphatic rings. The quantitative estimate of drug-likeness (QED) is 0.446. The van der Waals surface area contributed by atoms with Gasteiger partial charge in [0.05, 0.1) is 0 Å². The lowest BCUT2D eigenvalue weighted by Gasteiger charge is -2.24. The number of ether oxygens (including phenoxy) is 1. The third-order valence-electron chi connectivity index (χ3n) is 5.26. The van der Waals surface area contributed by atoms with Crippen LogP contribution in [0.3, 0.4) is 0 Å². The van der Waals surface area contributed by atoms with E-state index in [4.69, 9.17) is 10.5 Å². The summed E-state index contributed by atoms with van der Waals surface area (Å²) in [6, 6.07) is 8.41. The van der Waals surface area contributed by atoms with Gasteiger partial charge in [0.1, 0.15) is 5.75 Å². The van der Waals surface area contributed by atoms with Gasteiger partial charge in [-0.2, -0.15) is 0 Å². The first-order valence-corrected chi connectivity index (χ1v) is 10.6. The number of hydrogen-bond donors (Lipinski definition) is 1. The second-order valence-electron chi connectivity index (χ2n) is 7.55. The van der Waals surface area contributed by atoms with E-state index in [1.165, 1.54) is 50.8 Å². The van der Waals surface area contributed by atoms with Crippen LogP contribution in [0.1, 0.15) is 50.5 Å². The molecule has 0 bridgehead atoms. The minimum absolute atomic E-state index is 0.182. The maximum Gasteiger partial charge on any atom is 0.292 e. The van der Waals surface area contributed by atoms with Crippen LogP contribution in [0.25, 0.3) is 0 Å². The Bertz CT molecular complexity index is 708. The maximum atomic E-state index is 5.98. The van der Waals surface area contributed by atoms with Gasteiger partial charge in [0.15, 0.2) is 0 Å². The van der Waals surface area contributed by atoms with E-state index >= 15 is 0 Å². The van der Waals surface area contributed by atoms with Crippen LogP contribution in [0.5, 0.6) is 5.75 Å². The lowest BCUT2D eigenvalue weighted by molar-refractivity contribution is 0.250. The average molecular weight is 380 g/mol. The van der Waals surface area contributed by atoms with Crippen molar-refractivity contribution in [1.29, 1.82) is 0 Å². The lowest BCUT2D eigenvalue weighted by Crippen LogP contribution is -2.29. The molecule has 1 heterocycles. The van der Waals surface area contributed by atoms with Gasteiger partial charge in [0, 0.05) is 18.7 Å². The van der Waals surface area contributed by atoms with Crippen molar-refractivity contribution in [2.45, 2.75) is 51.4 Å². The number of nitrogens with zero attached hydrogens (tertiary/aromatic N) is 2. The van der Waals surface area contributed by atoms with Crippen LogP contribution < -0.4 is 10.5 Å². The Morgan fingerprint density at radius 2 is 1.71 bits per heavy atom. The van der Waals surface area contributed by atoms with Gasteiger partial charge >= 0.3 is 0 Å². The lowest BCUT2D eigenvalue weighted by atomic mass is 10.1. The highest BCUT2D eigenvalue weighted by atomic mass is 16.5. The summed E-state index contributed by atoms with van der Waals surface area (Å²) >= 11 is 0. The first-order valence-electron chi connectivity index (χ1n) is 10.6. The van der Waals surface area contributed by atoms with Crippen LogP contribution in [0.4, 0.5) is 0 Å². The number of rotatable bonds is 5. The Hall–Kier alpha value is -2.33. The van der Waals surface area contributed by atoms with E-state index in [9.17, 15) is 0 Å². The van der Waals surface area contributed by atoms with Crippen LogP contribution in [0.15, 0.2) is 65.3 Å². The minimum atomic E-state index is 0.182. The van der Waals surface area contributed by atoms with Gasteiger partial charge in [-0.05, 0) is 62.5 Å². The largest absolute Gasteiger partial charge is 0.426 e. The molecular formula is C24H33N3O. The molecule has 4 heteroatoms. The van der Waals surface area contributed by atoms with Crippen molar-refractivity contribution in [3.05, 3.63) is 65.9 Å². The molecule has 0 unspecified atom stereocenters. The minimum Gasteiger partial charge on any atom is -0.426 e. The number of hydrogen-bond acceptors (Lipinski definition) is 3. The Kier molecular flexibility index (Phi) is 8.38. The number of amidine groups is 1. The van der Waals surface area contributed by atoms with Gasteiger partial charge in [-0.25, -0.2) is 4.99 Å². The van der Waals surface area contributed by atoms with Crippen molar-refractivity contribution in [3.63, 3.8) is 0 Å². The fraction of sp³-hybridized carbons (Fsp3) is 0.458. The number of allylic oxidation sites excluding steroid dienone is 5. The van der Waals surface area contributed by atoms with Gasteiger partial charge in [0.25, 0.3) is 6.02 Å². The van der Waals surface area contributed by atoms with Gasteiger partial charge in [-0.3, -0.25) is 0 Å². The number of benzene rings is 1. The normalized spacial score (nSPS) is 22.3. The summed E-state index contributed by atoms with van der Waals surface area (Å²) in [6.45, 7) is 3.63. The van der Waals surface area contributed by atoms with Crippen molar-refractivity contribution in [2.75, 3.05) is 19.6 Å². The molecule has 0 radical (unpaired) electrons. The molecule has 1 aromatic rings. The molecule has 0 spiro atoms. The summed E-state index contributed by atoms with van der Waals surface area (Å²) in [5, 5.41) is 0. The third-order valence-corrected chi connectivity index (χ3v) is 5.26. The van der Waals surface area contributed by atoms with Gasteiger partial charge in [0.2, 0.25) is 0 Å². The van der Waals surface area contributed by atoms with Crippen LogP contribution >= 0.6 is 0 Å². The highest BCUT2D eigenvalue weighted by molar-refractivity contribution is 5.75. The van der Waals surface area contributed by atoms with Crippen molar-refractivity contribution >= 4 is 6.02 Å². The monoisotopic (exact) mass is 379 g/mol. The topological polar surface area (TPSA) is 50.9 Å². The van der Waals surface area contributed by atoms with E-state index in [-0.39, 0.29) is 6.02 Å². The first-order chi connectivity index (χ1) is 13.8. The van der Waals surface area contributed by atoms with Gasteiger partial charge in [-0.15, -0.1) is 0 Å². The van der Waals surface area contributed by atoms with E-state index in [2.05, 4.69) is 40.3 Å². The van der Waals surface area contributed by atoms with Crippen LogP contribution in [-0.4, -0.2) is 30.6 Å². The zero-order chi connectivity index (χ0) is 19.4. The van der Waals surface area contributed by atoms with E-state index in [0.717, 1.165) is 37.3 Å². The molecule has 150 valence electrons. The molecule has 28 heavy (non-hydrogen) atoms. The van der Waals surface area contributed by atoms with E-state index in [0.29, 0.717) is 0 Å². The molecule has 2 N–H and O–H groups in total. The molecular weight excluding hydrogens is 346 g/mol. The summed E-state index contributed by atoms with van der Waals surface area (Å²) in [6.07, 6.45) is 20.0. The summed E-state index contributed by atoms with van der Waals surface area (Å²) in [4.78, 5) is 7.00. The Morgan fingerprint density at radius 1 is 0.964 bits per heavy atom. The average Bonchev–Trinajstić information content (AvgIpc) is 2.64. The zero-order valence-electron chi connectivity index (χ0n) is 16.9. The van der Waals surface area contributed by atoms with Crippen LogP contribution in [0.2, 0.25) is 0 Å². The number of aliphatic imine (C=N–C) groups is 1. The van der Waals surface area contributed by atoms with E-state index in [1.807, 2.05) is 24.3 Å². The first kappa shape index (κ1) is 20.4. The molecule has 1 aromatic carbocycles. The van der Waals surface area contributed by atoms with Gasteiger partial charge < -0.3 is 15.4 Å². The van der Waals surface area contributed by atoms with Crippen molar-refractivity contribution in [1.82, 2.24) is 4.90 Å². The van der Waals surface area contributed by atoms with Crippen molar-refractivity contribution in [2.24, 2.45) is 10.7 Å². The Balaban J connectivity index is 1.49. The SMILES string of the molecule is NC(=N/C1=C/C=CC/C=C\C1)Oc1ccc(CCN2CCCCCCC2)cc1. The summed E-state index contributed by atoms with van der Waals surface area (Å²) in [5.41, 5.74) is 8.21. The third kappa shape index (κ3) is 7.35. The highest BCUT2D eigenvalue weighted by Gasteiger charge is 2.08. The van der Waals surface area contributed by atoms with Crippen molar-refractivity contribution in [3.8, 4) is 5.75 Å². The molecule has 0 aromatic heterocycles. The van der Waals surface area contributed by atoms with E-state index in [1.54, 1.807) is 0 Å². The molecule has 4 nitrogen and oxygen atoms in total. The Morgan fingerprint density at radius 3 is 2.50 bits per heavy atom. The molecule has 1 fully saturated rings. The maximum absolute atomic E-state index is 5.98. The molecule has 0 atom stereocenters. The molecule has 1 aliphatic heterocycles. The molecule has 0 saturated carbocycles. The van der Waals surface area contributed by atoms with E-state index < -0.39 is 0 Å². The second-order valence-corrected chi connectivity index (χ2v) is 7.55. The zero-order valence-corrected chi connectivity index (χ0v) is 16.9. The number of nitrogens with two attached hydrogens (primary N) is 1. The standard InChI is InChI=1S/C24H33N3O/c25-24(26-22-11-7-3-1-4-8-12-22)28-23-15-13-21(14-16-23)17-20-27-18-9-5-2-6-10-19-27/h3-4,7-8,11,13-16H,1-2,5-6,9-10,12,17-20H2,(H2,25,26)/b7-3?,8-4-,22-11+. The molecule has 1 saturated heterocycles. The Labute approximate surface area is 169 Å². The smallest absolute Gasteiger partial charge is 0.292 e. The molecule has 0 amide bonds. The van der Waals surface area contributed by atoms with Crippen LogP contribution in [-0.2, 0) is 6.42 Å². The second kappa shape index (κ2) is 11.5. The predicted molar refractivity (Wildman–Crippen MR) is 118 cm³/mol. The summed E-state index contributed by atoms with van der Waals surface area (Å²) < 4.78 is 5.70. The fourth-order valence-electron chi connectivity index (χ4n) is 3.62. The van der Waals surface area contributed by atoms with Crippen molar-refractivity contribution < 1.29 is 4.74 Å². The van der Waals surface area contributed by atoms with Crippen LogP contribution in [0, 0.1) is 0 Å². The van der Waals surface area contributed by atoms with Gasteiger partial charge in [-0.1, -0.05) is 55.7 Å². The molecule has 3 rings (SSSR count). The molecule has 1 aliphatic carbocycles. The highest BCUT2D eigenvalue weighted by Crippen LogP contribution is 2.16.